The second kappa shape index (κ2) is 19.9. The van der Waals surface area contributed by atoms with E-state index in [-0.39, 0.29) is 10.8 Å². The molecule has 0 unspecified atom stereocenters. The summed E-state index contributed by atoms with van der Waals surface area (Å²) in [4.78, 5) is 0. The summed E-state index contributed by atoms with van der Waals surface area (Å²) in [6, 6.07) is 100. The molecular weight excluding hydrogens is 1050 g/mol. The molecule has 0 radical (unpaired) electrons. The standard InChI is InChI=1S/C85H66N2/c1-83(2,3)63-39-43-65(44-40-63)86-79-21-13-9-17-71(79)73-53-61(37-49-81(73)86)59-33-27-55(28-34-59)23-25-57-31-47-69-70-48-32-58(52-78(70)85(77(69)51-57)75-19-11-7-15-67(75)68-16-8-12-20-76(68)85)26-24-56-29-35-60(36-30-56)62-38-50-82-74(54-62)72-18-10-14-22-80(72)87(82)66-45-41-64(42-46-66)84(4,5)6/h7-54H,1-6H3/b25-23+,26-24+. The minimum atomic E-state index is -0.469. The summed E-state index contributed by atoms with van der Waals surface area (Å²) < 4.78 is 4.81. The molecule has 2 heterocycles. The highest BCUT2D eigenvalue weighted by Crippen LogP contribution is 2.63. The van der Waals surface area contributed by atoms with Crippen molar-refractivity contribution in [3.8, 4) is 55.9 Å². The van der Waals surface area contributed by atoms with Crippen molar-refractivity contribution in [1.82, 2.24) is 9.13 Å². The van der Waals surface area contributed by atoms with E-state index in [9.17, 15) is 0 Å². The molecule has 0 saturated carbocycles. The van der Waals surface area contributed by atoms with Crippen molar-refractivity contribution in [2.45, 2.75) is 57.8 Å². The van der Waals surface area contributed by atoms with Gasteiger partial charge in [-0.25, -0.2) is 0 Å². The molecule has 2 aliphatic carbocycles. The summed E-state index contributed by atoms with van der Waals surface area (Å²) in [6.07, 6.45) is 9.11. The van der Waals surface area contributed by atoms with Crippen LogP contribution in [-0.2, 0) is 16.2 Å². The number of rotatable bonds is 8. The summed E-state index contributed by atoms with van der Waals surface area (Å²) in [5.41, 5.74) is 29.7. The van der Waals surface area contributed by atoms with Crippen molar-refractivity contribution in [2.75, 3.05) is 0 Å². The minimum absolute atomic E-state index is 0.100. The molecule has 87 heavy (non-hydrogen) atoms. The average molecular weight is 1120 g/mol. The Kier molecular flexibility index (Phi) is 12.0. The largest absolute Gasteiger partial charge is 0.309 e. The van der Waals surface area contributed by atoms with Crippen LogP contribution in [0.2, 0.25) is 0 Å². The third kappa shape index (κ3) is 8.52. The van der Waals surface area contributed by atoms with Gasteiger partial charge in [-0.2, -0.15) is 0 Å². The van der Waals surface area contributed by atoms with Crippen LogP contribution < -0.4 is 0 Å². The molecule has 14 aromatic rings. The number of fused-ring (bicyclic) bond motifs is 16. The first kappa shape index (κ1) is 52.3. The molecule has 0 atom stereocenters. The van der Waals surface area contributed by atoms with Crippen LogP contribution in [0.25, 0.3) is 124 Å². The Balaban J connectivity index is 0.692. The van der Waals surface area contributed by atoms with Crippen LogP contribution in [0.1, 0.15) is 97.2 Å². The van der Waals surface area contributed by atoms with Crippen LogP contribution in [0.5, 0.6) is 0 Å². The number of nitrogens with zero attached hydrogens (tertiary/aromatic N) is 2. The lowest BCUT2D eigenvalue weighted by Gasteiger charge is -2.30. The van der Waals surface area contributed by atoms with Crippen LogP contribution in [0.15, 0.2) is 267 Å². The summed E-state index contributed by atoms with van der Waals surface area (Å²) >= 11 is 0. The summed E-state index contributed by atoms with van der Waals surface area (Å²) in [7, 11) is 0. The lowest BCUT2D eigenvalue weighted by Crippen LogP contribution is -2.26. The molecule has 2 aromatic heterocycles. The van der Waals surface area contributed by atoms with Gasteiger partial charge in [-0.05, 0) is 184 Å². The fraction of sp³-hybridized carbons (Fsp3) is 0.106. The zero-order chi connectivity index (χ0) is 58.8. The van der Waals surface area contributed by atoms with E-state index < -0.39 is 5.41 Å². The zero-order valence-corrected chi connectivity index (χ0v) is 50.1. The second-order valence-electron chi connectivity index (χ2n) is 26.1. The molecule has 12 aromatic carbocycles. The van der Waals surface area contributed by atoms with E-state index in [1.54, 1.807) is 0 Å². The normalized spacial score (nSPS) is 13.4. The van der Waals surface area contributed by atoms with Gasteiger partial charge >= 0.3 is 0 Å². The molecule has 2 heteroatoms. The van der Waals surface area contributed by atoms with Gasteiger partial charge in [0.05, 0.1) is 27.5 Å². The Hall–Kier alpha value is -10.3. The smallest absolute Gasteiger partial charge is 0.0725 e. The van der Waals surface area contributed by atoms with Gasteiger partial charge in [0, 0.05) is 32.9 Å². The number of hydrogen-bond donors (Lipinski definition) is 0. The fourth-order valence-corrected chi connectivity index (χ4v) is 14.4. The number of benzene rings is 12. The number of para-hydroxylation sites is 2. The quantitative estimate of drug-likeness (QED) is 0.134. The third-order valence-corrected chi connectivity index (χ3v) is 18.9. The minimum Gasteiger partial charge on any atom is -0.309 e. The zero-order valence-electron chi connectivity index (χ0n) is 50.1. The van der Waals surface area contributed by atoms with E-state index in [1.165, 1.54) is 144 Å². The van der Waals surface area contributed by atoms with Crippen LogP contribution in [0.4, 0.5) is 0 Å². The van der Waals surface area contributed by atoms with E-state index in [2.05, 4.69) is 342 Å². The fourth-order valence-electron chi connectivity index (χ4n) is 14.4. The Labute approximate surface area is 510 Å². The maximum absolute atomic E-state index is 2.46. The molecule has 2 nitrogen and oxygen atoms in total. The lowest BCUT2D eigenvalue weighted by atomic mass is 9.70. The van der Waals surface area contributed by atoms with Crippen LogP contribution in [-0.4, -0.2) is 9.13 Å². The first-order valence-electron chi connectivity index (χ1n) is 30.7. The van der Waals surface area contributed by atoms with E-state index in [4.69, 9.17) is 0 Å². The predicted octanol–water partition coefficient (Wildman–Crippen LogP) is 22.5. The molecule has 2 aliphatic rings. The number of aromatic nitrogens is 2. The third-order valence-electron chi connectivity index (χ3n) is 18.9. The molecule has 0 saturated heterocycles. The van der Waals surface area contributed by atoms with Gasteiger partial charge in [0.1, 0.15) is 0 Å². The Morgan fingerprint density at radius 3 is 1.01 bits per heavy atom. The highest BCUT2D eigenvalue weighted by Gasteiger charge is 2.51. The van der Waals surface area contributed by atoms with Crippen LogP contribution in [0, 0.1) is 0 Å². The molecule has 16 rings (SSSR count). The van der Waals surface area contributed by atoms with Gasteiger partial charge in [-0.3, -0.25) is 0 Å². The molecule has 0 bridgehead atoms. The maximum atomic E-state index is 2.46. The van der Waals surface area contributed by atoms with E-state index in [1.807, 2.05) is 0 Å². The first-order valence-corrected chi connectivity index (χ1v) is 30.7. The summed E-state index contributed by atoms with van der Waals surface area (Å²) in [6.45, 7) is 13.6. The SMILES string of the molecule is CC(C)(C)c1ccc(-n2c3ccccc3c3cc(-c4ccc(/C=C/c5ccc6c(c5)C5(c7ccccc7-c7ccccc75)c5cc(/C=C/c7ccc(-c8ccc9c(c8)c8ccccc8n9-c8ccc(C(C)(C)C)cc8)cc7)ccc5-6)cc4)ccc32)cc1. The van der Waals surface area contributed by atoms with Crippen molar-refractivity contribution >= 4 is 67.9 Å². The average Bonchev–Trinajstić information content (AvgIpc) is 1.52. The van der Waals surface area contributed by atoms with Gasteiger partial charge in [0.25, 0.3) is 0 Å². The summed E-state index contributed by atoms with van der Waals surface area (Å²) in [5.74, 6) is 0. The number of hydrogen-bond acceptors (Lipinski definition) is 0. The topological polar surface area (TPSA) is 9.86 Å². The lowest BCUT2D eigenvalue weighted by molar-refractivity contribution is 0.590. The van der Waals surface area contributed by atoms with Crippen LogP contribution >= 0.6 is 0 Å². The van der Waals surface area contributed by atoms with E-state index in [0.717, 1.165) is 11.1 Å². The van der Waals surface area contributed by atoms with Gasteiger partial charge in [0.15, 0.2) is 0 Å². The second-order valence-corrected chi connectivity index (χ2v) is 26.1. The maximum Gasteiger partial charge on any atom is 0.0725 e. The molecule has 416 valence electrons. The van der Waals surface area contributed by atoms with Crippen molar-refractivity contribution in [3.63, 3.8) is 0 Å². The summed E-state index contributed by atoms with van der Waals surface area (Å²) in [5, 5.41) is 5.04. The Morgan fingerprint density at radius 1 is 0.264 bits per heavy atom. The molecule has 1 spiro atoms. The van der Waals surface area contributed by atoms with Gasteiger partial charge < -0.3 is 9.13 Å². The highest BCUT2D eigenvalue weighted by molar-refractivity contribution is 6.12. The monoisotopic (exact) mass is 1110 g/mol. The van der Waals surface area contributed by atoms with E-state index >= 15 is 0 Å². The van der Waals surface area contributed by atoms with Crippen molar-refractivity contribution in [2.24, 2.45) is 0 Å². The van der Waals surface area contributed by atoms with Gasteiger partial charge in [-0.1, -0.05) is 260 Å². The molecular formula is C85H66N2. The molecule has 0 aliphatic heterocycles. The van der Waals surface area contributed by atoms with Crippen LogP contribution in [0.3, 0.4) is 0 Å². The predicted molar refractivity (Wildman–Crippen MR) is 370 cm³/mol. The van der Waals surface area contributed by atoms with Crippen molar-refractivity contribution in [3.05, 3.63) is 323 Å². The van der Waals surface area contributed by atoms with E-state index in [0.29, 0.717) is 0 Å². The molecule has 0 amide bonds. The highest BCUT2D eigenvalue weighted by atomic mass is 15.0. The Morgan fingerprint density at radius 2 is 0.598 bits per heavy atom. The molecule has 0 N–H and O–H groups in total. The van der Waals surface area contributed by atoms with Crippen molar-refractivity contribution < 1.29 is 0 Å². The molecule has 0 fully saturated rings. The first-order chi connectivity index (χ1) is 42.4. The van der Waals surface area contributed by atoms with Crippen molar-refractivity contribution in [1.29, 1.82) is 0 Å². The van der Waals surface area contributed by atoms with Gasteiger partial charge in [-0.15, -0.1) is 0 Å². The Bertz CT molecular complexity index is 4790. The van der Waals surface area contributed by atoms with Gasteiger partial charge in [0.2, 0.25) is 0 Å².